The maximum atomic E-state index is 11.8. The Hall–Kier alpha value is -1.94. The molecule has 100 valence electrons. The van der Waals surface area contributed by atoms with Gasteiger partial charge in [0.25, 0.3) is 10.0 Å². The van der Waals surface area contributed by atoms with Crippen LogP contribution in [0.4, 0.5) is 0 Å². The number of hydrogen-bond donors (Lipinski definition) is 3. The predicted octanol–water partition coefficient (Wildman–Crippen LogP) is -1.37. The number of nitrogens with one attached hydrogen (secondary N) is 1. The molecule has 10 heteroatoms. The van der Waals surface area contributed by atoms with Gasteiger partial charge in [0, 0.05) is 7.05 Å². The molecule has 1 atom stereocenters. The first-order chi connectivity index (χ1) is 8.24. The SMILES string of the molecule is Cn1nccc1S(=O)(=O)NC(CC(=O)O)C(=O)O. The fraction of sp³-hybridized carbons (Fsp3) is 0.375. The van der Waals surface area contributed by atoms with Gasteiger partial charge in [0.1, 0.15) is 6.04 Å². The summed E-state index contributed by atoms with van der Waals surface area (Å²) in [5.41, 5.74) is 0. The second kappa shape index (κ2) is 5.14. The number of nitrogens with zero attached hydrogens (tertiary/aromatic N) is 2. The lowest BCUT2D eigenvalue weighted by Crippen LogP contribution is -2.42. The minimum Gasteiger partial charge on any atom is -0.481 e. The van der Waals surface area contributed by atoms with Gasteiger partial charge in [0.05, 0.1) is 12.6 Å². The van der Waals surface area contributed by atoms with E-state index in [0.29, 0.717) is 0 Å². The number of sulfonamides is 1. The minimum atomic E-state index is -4.13. The van der Waals surface area contributed by atoms with Gasteiger partial charge in [-0.3, -0.25) is 14.3 Å². The topological polar surface area (TPSA) is 139 Å². The lowest BCUT2D eigenvalue weighted by Gasteiger charge is -2.12. The van der Waals surface area contributed by atoms with Crippen molar-refractivity contribution in [2.75, 3.05) is 0 Å². The van der Waals surface area contributed by atoms with E-state index in [1.165, 1.54) is 19.3 Å². The Labute approximate surface area is 102 Å². The van der Waals surface area contributed by atoms with Crippen LogP contribution in [-0.2, 0) is 26.7 Å². The van der Waals surface area contributed by atoms with Crippen LogP contribution in [-0.4, -0.2) is 46.4 Å². The summed E-state index contributed by atoms with van der Waals surface area (Å²) in [7, 11) is -2.77. The first kappa shape index (κ1) is 14.1. The Morgan fingerprint density at radius 2 is 2.11 bits per heavy atom. The van der Waals surface area contributed by atoms with Crippen molar-refractivity contribution < 1.29 is 28.2 Å². The van der Waals surface area contributed by atoms with Crippen molar-refractivity contribution in [3.8, 4) is 0 Å². The third kappa shape index (κ3) is 3.28. The van der Waals surface area contributed by atoms with Gasteiger partial charge in [-0.1, -0.05) is 0 Å². The van der Waals surface area contributed by atoms with Crippen molar-refractivity contribution in [3.05, 3.63) is 12.3 Å². The summed E-state index contributed by atoms with van der Waals surface area (Å²) in [5.74, 6) is -2.99. The number of hydrogen-bond acceptors (Lipinski definition) is 5. The number of aromatic nitrogens is 2. The summed E-state index contributed by atoms with van der Waals surface area (Å²) >= 11 is 0. The molecule has 0 spiro atoms. The molecule has 0 aliphatic heterocycles. The van der Waals surface area contributed by atoms with Gasteiger partial charge in [-0.25, -0.2) is 8.42 Å². The van der Waals surface area contributed by atoms with Crippen molar-refractivity contribution in [1.82, 2.24) is 14.5 Å². The Balaban J connectivity index is 2.97. The normalized spacial score (nSPS) is 13.2. The summed E-state index contributed by atoms with van der Waals surface area (Å²) in [4.78, 5) is 21.2. The maximum absolute atomic E-state index is 11.8. The highest BCUT2D eigenvalue weighted by atomic mass is 32.2. The first-order valence-corrected chi connectivity index (χ1v) is 6.17. The number of aryl methyl sites for hydroxylation is 1. The van der Waals surface area contributed by atoms with E-state index in [4.69, 9.17) is 10.2 Å². The van der Waals surface area contributed by atoms with Crippen LogP contribution in [0.25, 0.3) is 0 Å². The van der Waals surface area contributed by atoms with Crippen molar-refractivity contribution in [3.63, 3.8) is 0 Å². The zero-order chi connectivity index (χ0) is 13.9. The van der Waals surface area contributed by atoms with E-state index in [9.17, 15) is 18.0 Å². The van der Waals surface area contributed by atoms with Gasteiger partial charge in [0.2, 0.25) is 0 Å². The van der Waals surface area contributed by atoms with Crippen LogP contribution in [0.15, 0.2) is 17.3 Å². The lowest BCUT2D eigenvalue weighted by atomic mass is 10.2. The molecule has 0 aliphatic carbocycles. The molecule has 1 heterocycles. The molecular weight excluding hydrogens is 266 g/mol. The summed E-state index contributed by atoms with van der Waals surface area (Å²) in [6, 6.07) is -0.565. The molecule has 9 nitrogen and oxygen atoms in total. The van der Waals surface area contributed by atoms with Crippen molar-refractivity contribution >= 4 is 22.0 Å². The van der Waals surface area contributed by atoms with Gasteiger partial charge >= 0.3 is 11.9 Å². The van der Waals surface area contributed by atoms with Gasteiger partial charge in [-0.05, 0) is 6.07 Å². The molecule has 0 radical (unpaired) electrons. The van der Waals surface area contributed by atoms with E-state index in [1.54, 1.807) is 4.72 Å². The second-order valence-electron chi connectivity index (χ2n) is 3.40. The maximum Gasteiger partial charge on any atom is 0.322 e. The Bertz CT molecular complexity index is 563. The molecule has 0 amide bonds. The van der Waals surface area contributed by atoms with Gasteiger partial charge in [-0.15, -0.1) is 0 Å². The van der Waals surface area contributed by atoms with Crippen molar-refractivity contribution in [2.24, 2.45) is 7.05 Å². The molecule has 0 bridgehead atoms. The van der Waals surface area contributed by atoms with Crippen LogP contribution in [0, 0.1) is 0 Å². The van der Waals surface area contributed by atoms with Gasteiger partial charge < -0.3 is 10.2 Å². The Morgan fingerprint density at radius 3 is 2.50 bits per heavy atom. The molecular formula is C8H11N3O6S. The summed E-state index contributed by atoms with van der Waals surface area (Å²) in [5, 5.41) is 20.6. The fourth-order valence-corrected chi connectivity index (χ4v) is 2.54. The van der Waals surface area contributed by atoms with Gasteiger partial charge in [0.15, 0.2) is 5.03 Å². The zero-order valence-electron chi connectivity index (χ0n) is 9.27. The largest absolute Gasteiger partial charge is 0.481 e. The molecule has 0 saturated carbocycles. The standard InChI is InChI=1S/C8H11N3O6S/c1-11-6(2-3-9-11)18(16,17)10-5(8(14)15)4-7(12)13/h2-3,5,10H,4H2,1H3,(H,12,13)(H,14,15). The smallest absolute Gasteiger partial charge is 0.322 e. The van der Waals surface area contributed by atoms with E-state index in [2.05, 4.69) is 5.10 Å². The van der Waals surface area contributed by atoms with Crippen LogP contribution in [0.5, 0.6) is 0 Å². The quantitative estimate of drug-likeness (QED) is 0.582. The van der Waals surface area contributed by atoms with Crippen LogP contribution in [0.3, 0.4) is 0 Å². The first-order valence-electron chi connectivity index (χ1n) is 4.69. The van der Waals surface area contributed by atoms with Crippen LogP contribution < -0.4 is 4.72 Å². The van der Waals surface area contributed by atoms with Crippen LogP contribution >= 0.6 is 0 Å². The third-order valence-corrected chi connectivity index (χ3v) is 3.57. The number of aliphatic carboxylic acids is 2. The third-order valence-electron chi connectivity index (χ3n) is 2.03. The molecule has 1 aromatic rings. The van der Waals surface area contributed by atoms with E-state index in [1.807, 2.05) is 0 Å². The molecule has 1 unspecified atom stereocenters. The minimum absolute atomic E-state index is 0.251. The van der Waals surface area contributed by atoms with Crippen LogP contribution in [0.1, 0.15) is 6.42 Å². The summed E-state index contributed by atoms with van der Waals surface area (Å²) < 4.78 is 26.4. The average Bonchev–Trinajstić information content (AvgIpc) is 2.62. The monoisotopic (exact) mass is 277 g/mol. The molecule has 1 aromatic heterocycles. The predicted molar refractivity (Wildman–Crippen MR) is 57.2 cm³/mol. The fourth-order valence-electron chi connectivity index (χ4n) is 1.23. The van der Waals surface area contributed by atoms with Crippen LogP contribution in [0.2, 0.25) is 0 Å². The van der Waals surface area contributed by atoms with E-state index >= 15 is 0 Å². The summed E-state index contributed by atoms with van der Waals surface area (Å²) in [6.07, 6.45) is 0.369. The van der Waals surface area contributed by atoms with E-state index < -0.39 is 34.4 Å². The Morgan fingerprint density at radius 1 is 1.50 bits per heavy atom. The Kier molecular flexibility index (Phi) is 4.03. The number of carbonyl (C=O) groups is 2. The molecule has 0 saturated heterocycles. The summed E-state index contributed by atoms with van der Waals surface area (Å²) in [6.45, 7) is 0. The molecule has 0 aromatic carbocycles. The van der Waals surface area contributed by atoms with E-state index in [0.717, 1.165) is 4.68 Å². The second-order valence-corrected chi connectivity index (χ2v) is 5.06. The molecule has 0 aliphatic rings. The van der Waals surface area contributed by atoms with Gasteiger partial charge in [-0.2, -0.15) is 9.82 Å². The van der Waals surface area contributed by atoms with Crippen molar-refractivity contribution in [1.29, 1.82) is 0 Å². The highest BCUT2D eigenvalue weighted by Gasteiger charge is 2.28. The zero-order valence-corrected chi connectivity index (χ0v) is 10.1. The lowest BCUT2D eigenvalue weighted by molar-refractivity contribution is -0.145. The molecule has 0 fully saturated rings. The van der Waals surface area contributed by atoms with Crippen molar-refractivity contribution in [2.45, 2.75) is 17.5 Å². The molecule has 3 N–H and O–H groups in total. The van der Waals surface area contributed by atoms with E-state index in [-0.39, 0.29) is 5.03 Å². The average molecular weight is 277 g/mol. The highest BCUT2D eigenvalue weighted by molar-refractivity contribution is 7.89. The number of rotatable bonds is 6. The molecule has 18 heavy (non-hydrogen) atoms. The number of carboxylic acid groups (broad SMARTS) is 2. The highest BCUT2D eigenvalue weighted by Crippen LogP contribution is 2.08. The molecule has 1 rings (SSSR count). The number of carboxylic acids is 2.